The fourth-order valence-electron chi connectivity index (χ4n) is 3.91. The summed E-state index contributed by atoms with van der Waals surface area (Å²) in [6.45, 7) is 17.6. The van der Waals surface area contributed by atoms with Gasteiger partial charge in [0.05, 0.1) is 11.6 Å². The third-order valence-electron chi connectivity index (χ3n) is 6.61. The lowest BCUT2D eigenvalue weighted by Crippen LogP contribution is -2.05. The fraction of sp³-hybridized carbons (Fsp3) is 0.344. The lowest BCUT2D eigenvalue weighted by molar-refractivity contribution is 0.393. The molecule has 0 spiro atoms. The third kappa shape index (κ3) is 8.31. The van der Waals surface area contributed by atoms with Crippen LogP contribution >= 0.6 is 0 Å². The van der Waals surface area contributed by atoms with Gasteiger partial charge < -0.3 is 0 Å². The van der Waals surface area contributed by atoms with Crippen molar-refractivity contribution in [3.63, 3.8) is 0 Å². The topological polar surface area (TPSA) is 23.8 Å². The molecule has 1 atom stereocenters. The molecule has 0 bridgehead atoms. The van der Waals surface area contributed by atoms with Crippen LogP contribution in [0.3, 0.4) is 0 Å². The van der Waals surface area contributed by atoms with E-state index in [-0.39, 0.29) is 5.82 Å². The van der Waals surface area contributed by atoms with Crippen molar-refractivity contribution in [3.8, 4) is 6.07 Å². The fourth-order valence-corrected chi connectivity index (χ4v) is 3.91. The Bertz CT molecular complexity index is 1090. The molecule has 0 amide bonds. The number of aryl methyl sites for hydroxylation is 1. The van der Waals surface area contributed by atoms with Gasteiger partial charge in [0.2, 0.25) is 0 Å². The molecule has 0 saturated heterocycles. The minimum Gasteiger partial charge on any atom is -0.207 e. The quantitative estimate of drug-likeness (QED) is 0.293. The van der Waals surface area contributed by atoms with Crippen LogP contribution in [0, 0.1) is 29.0 Å². The van der Waals surface area contributed by atoms with E-state index in [0.717, 1.165) is 65.5 Å². The van der Waals surface area contributed by atoms with Gasteiger partial charge in [0.25, 0.3) is 0 Å². The van der Waals surface area contributed by atoms with Crippen molar-refractivity contribution < 1.29 is 4.39 Å². The Balaban J connectivity index is 2.21. The number of nitriles is 1. The van der Waals surface area contributed by atoms with Gasteiger partial charge in [0, 0.05) is 0 Å². The zero-order valence-corrected chi connectivity index (χ0v) is 21.2. The second-order valence-corrected chi connectivity index (χ2v) is 9.54. The van der Waals surface area contributed by atoms with Gasteiger partial charge in [0.15, 0.2) is 0 Å². The summed E-state index contributed by atoms with van der Waals surface area (Å²) in [6, 6.07) is 16.7. The highest BCUT2D eigenvalue weighted by molar-refractivity contribution is 5.70. The average molecular weight is 456 g/mol. The van der Waals surface area contributed by atoms with Crippen LogP contribution in [0.25, 0.3) is 5.57 Å². The Morgan fingerprint density at radius 3 is 2.38 bits per heavy atom. The Morgan fingerprint density at radius 2 is 1.71 bits per heavy atom. The second kappa shape index (κ2) is 13.5. The van der Waals surface area contributed by atoms with E-state index in [1.54, 1.807) is 12.1 Å². The monoisotopic (exact) mass is 455 g/mol. The van der Waals surface area contributed by atoms with Crippen molar-refractivity contribution in [2.24, 2.45) is 11.8 Å². The van der Waals surface area contributed by atoms with Crippen LogP contribution < -0.4 is 0 Å². The number of benzene rings is 2. The Labute approximate surface area is 206 Å². The molecule has 0 N–H and O–H groups in total. The van der Waals surface area contributed by atoms with E-state index in [1.165, 1.54) is 6.07 Å². The standard InChI is InChI=1S/C32H38FN/c1-23(2)24(3)17-18-26(5)31(20-19-27(6)32-16-8-7-14-29(32)22-34)25(4)11-9-12-28-13-10-15-30(33)21-28/h7-8,10,13-16,19-21,23-24H,4-5,9,11-12,17-18H2,1-3,6H3/b27-19+,31-20+. The van der Waals surface area contributed by atoms with Crippen molar-refractivity contribution in [1.29, 1.82) is 5.26 Å². The Hall–Kier alpha value is -3.18. The summed E-state index contributed by atoms with van der Waals surface area (Å²) < 4.78 is 13.5. The maximum absolute atomic E-state index is 13.5. The molecular formula is C32H38FN. The van der Waals surface area contributed by atoms with Crippen LogP contribution in [-0.4, -0.2) is 0 Å². The normalized spacial score (nSPS) is 13.0. The highest BCUT2D eigenvalue weighted by Gasteiger charge is 2.12. The van der Waals surface area contributed by atoms with E-state index in [0.29, 0.717) is 17.4 Å². The van der Waals surface area contributed by atoms with Crippen LogP contribution in [0.4, 0.5) is 4.39 Å². The minimum atomic E-state index is -0.192. The van der Waals surface area contributed by atoms with Crippen LogP contribution in [0.1, 0.15) is 70.1 Å². The van der Waals surface area contributed by atoms with Crippen molar-refractivity contribution in [1.82, 2.24) is 0 Å². The van der Waals surface area contributed by atoms with Crippen LogP contribution in [0.5, 0.6) is 0 Å². The van der Waals surface area contributed by atoms with Crippen molar-refractivity contribution in [3.05, 3.63) is 113 Å². The first kappa shape index (κ1) is 27.1. The summed E-state index contributed by atoms with van der Waals surface area (Å²) >= 11 is 0. The van der Waals surface area contributed by atoms with Gasteiger partial charge >= 0.3 is 0 Å². The van der Waals surface area contributed by atoms with E-state index >= 15 is 0 Å². The summed E-state index contributed by atoms with van der Waals surface area (Å²) in [7, 11) is 0. The zero-order chi connectivity index (χ0) is 25.1. The second-order valence-electron chi connectivity index (χ2n) is 9.54. The molecule has 2 rings (SSSR count). The first-order valence-electron chi connectivity index (χ1n) is 12.2. The molecule has 0 aliphatic heterocycles. The maximum Gasteiger partial charge on any atom is 0.123 e. The van der Waals surface area contributed by atoms with Gasteiger partial charge in [0.1, 0.15) is 5.82 Å². The molecule has 0 aromatic heterocycles. The molecule has 2 aromatic carbocycles. The number of nitrogens with zero attached hydrogens (tertiary/aromatic N) is 1. The van der Waals surface area contributed by atoms with E-state index in [9.17, 15) is 9.65 Å². The van der Waals surface area contributed by atoms with Gasteiger partial charge in [-0.05, 0) is 102 Å². The van der Waals surface area contributed by atoms with Gasteiger partial charge in [-0.3, -0.25) is 0 Å². The van der Waals surface area contributed by atoms with E-state index in [4.69, 9.17) is 0 Å². The third-order valence-corrected chi connectivity index (χ3v) is 6.61. The number of allylic oxidation sites excluding steroid dienone is 6. The molecule has 2 heteroatoms. The molecule has 2 aromatic rings. The van der Waals surface area contributed by atoms with Gasteiger partial charge in [-0.1, -0.05) is 76.4 Å². The van der Waals surface area contributed by atoms with Gasteiger partial charge in [-0.2, -0.15) is 5.26 Å². The highest BCUT2D eigenvalue weighted by atomic mass is 19.1. The van der Waals surface area contributed by atoms with Gasteiger partial charge in [-0.15, -0.1) is 0 Å². The Kier molecular flexibility index (Phi) is 10.8. The molecule has 0 aliphatic rings. The molecule has 1 unspecified atom stereocenters. The predicted octanol–water partition coefficient (Wildman–Crippen LogP) is 9.23. The number of hydrogen-bond acceptors (Lipinski definition) is 1. The molecule has 178 valence electrons. The molecule has 0 fully saturated rings. The smallest absolute Gasteiger partial charge is 0.123 e. The minimum absolute atomic E-state index is 0.192. The molecular weight excluding hydrogens is 417 g/mol. The lowest BCUT2D eigenvalue weighted by Gasteiger charge is -2.18. The molecule has 0 saturated carbocycles. The summed E-state index contributed by atoms with van der Waals surface area (Å²) in [6.07, 6.45) is 8.72. The first-order valence-corrected chi connectivity index (χ1v) is 12.2. The average Bonchev–Trinajstić information content (AvgIpc) is 2.82. The number of halogens is 1. The zero-order valence-electron chi connectivity index (χ0n) is 21.2. The van der Waals surface area contributed by atoms with E-state index < -0.39 is 0 Å². The Morgan fingerprint density at radius 1 is 1.00 bits per heavy atom. The highest BCUT2D eigenvalue weighted by Crippen LogP contribution is 2.29. The van der Waals surface area contributed by atoms with Crippen LogP contribution in [0.2, 0.25) is 0 Å². The number of rotatable bonds is 12. The lowest BCUT2D eigenvalue weighted by atomic mass is 9.87. The van der Waals surface area contributed by atoms with Gasteiger partial charge in [-0.25, -0.2) is 4.39 Å². The summed E-state index contributed by atoms with van der Waals surface area (Å²) in [5.41, 5.74) is 6.89. The molecule has 0 radical (unpaired) electrons. The molecule has 1 nitrogen and oxygen atoms in total. The van der Waals surface area contributed by atoms with E-state index in [2.05, 4.69) is 52.2 Å². The molecule has 34 heavy (non-hydrogen) atoms. The van der Waals surface area contributed by atoms with Crippen LogP contribution in [0.15, 0.2) is 90.6 Å². The van der Waals surface area contributed by atoms with Crippen molar-refractivity contribution in [2.45, 2.75) is 59.8 Å². The largest absolute Gasteiger partial charge is 0.207 e. The maximum atomic E-state index is 13.5. The number of hydrogen-bond donors (Lipinski definition) is 0. The van der Waals surface area contributed by atoms with Crippen molar-refractivity contribution in [2.75, 3.05) is 0 Å². The SMILES string of the molecule is C=C(CCCc1cccc(F)c1)/C(=C\C=C(/C)c1ccccc1C#N)C(=C)CCC(C)C(C)C. The summed E-state index contributed by atoms with van der Waals surface area (Å²) in [4.78, 5) is 0. The molecule has 0 aliphatic carbocycles. The summed E-state index contributed by atoms with van der Waals surface area (Å²) in [5.74, 6) is 1.07. The summed E-state index contributed by atoms with van der Waals surface area (Å²) in [5, 5.41) is 9.45. The van der Waals surface area contributed by atoms with E-state index in [1.807, 2.05) is 37.3 Å². The first-order chi connectivity index (χ1) is 16.2. The van der Waals surface area contributed by atoms with Crippen molar-refractivity contribution >= 4 is 5.57 Å². The molecule has 0 heterocycles. The van der Waals surface area contributed by atoms with Crippen LogP contribution in [-0.2, 0) is 6.42 Å². The predicted molar refractivity (Wildman–Crippen MR) is 144 cm³/mol.